The molecule has 0 radical (unpaired) electrons. The molecule has 122 valence electrons. The number of hydrogen-bond acceptors (Lipinski definition) is 6. The fourth-order valence-corrected chi connectivity index (χ4v) is 2.00. The van der Waals surface area contributed by atoms with E-state index in [-0.39, 0.29) is 13.2 Å². The van der Waals surface area contributed by atoms with Gasteiger partial charge in [0.2, 0.25) is 0 Å². The van der Waals surface area contributed by atoms with Crippen LogP contribution in [0.2, 0.25) is 0 Å². The van der Waals surface area contributed by atoms with Crippen LogP contribution in [0.5, 0.6) is 0 Å². The van der Waals surface area contributed by atoms with E-state index in [4.69, 9.17) is 18.5 Å². The first kappa shape index (κ1) is 20.0. The quantitative estimate of drug-likeness (QED) is 0.389. The Morgan fingerprint density at radius 3 is 2.25 bits per heavy atom. The van der Waals surface area contributed by atoms with E-state index in [9.17, 15) is 9.46 Å². The summed E-state index contributed by atoms with van der Waals surface area (Å²) in [5.41, 5.74) is 0. The Kier molecular flexibility index (Phi) is 9.84. The molecule has 1 unspecified atom stereocenters. The molecule has 0 rings (SSSR count). The lowest BCUT2D eigenvalue weighted by Gasteiger charge is -2.28. The van der Waals surface area contributed by atoms with Crippen molar-refractivity contribution in [1.82, 2.24) is 0 Å². The Bertz CT molecular complexity index is 294. The van der Waals surface area contributed by atoms with Gasteiger partial charge >= 0.3 is 0 Å². The molecule has 2 atom stereocenters. The largest absolute Gasteiger partial charge is 0.756 e. The third-order valence-corrected chi connectivity index (χ3v) is 3.30. The summed E-state index contributed by atoms with van der Waals surface area (Å²) in [6, 6.07) is 0. The number of rotatable bonds is 12. The van der Waals surface area contributed by atoms with Gasteiger partial charge in [-0.25, -0.2) is 0 Å². The van der Waals surface area contributed by atoms with Crippen LogP contribution in [0.25, 0.3) is 0 Å². The molecule has 0 amide bonds. The van der Waals surface area contributed by atoms with Crippen LogP contribution < -0.4 is 4.89 Å². The van der Waals surface area contributed by atoms with Crippen LogP contribution in [0.3, 0.4) is 0 Å². The highest BCUT2D eigenvalue weighted by Gasteiger charge is 2.17. The predicted molar refractivity (Wildman–Crippen MR) is 74.3 cm³/mol. The molecule has 0 aliphatic heterocycles. The molecule has 0 bridgehead atoms. The molecule has 0 aromatic rings. The van der Waals surface area contributed by atoms with E-state index in [2.05, 4.69) is 0 Å². The van der Waals surface area contributed by atoms with Gasteiger partial charge in [0.25, 0.3) is 7.82 Å². The van der Waals surface area contributed by atoms with Crippen LogP contribution in [-0.4, -0.2) is 71.3 Å². The van der Waals surface area contributed by atoms with Gasteiger partial charge in [-0.2, -0.15) is 0 Å². The number of quaternary nitrogens is 1. The van der Waals surface area contributed by atoms with Crippen LogP contribution >= 0.6 is 7.82 Å². The average Bonchev–Trinajstić information content (AvgIpc) is 2.31. The summed E-state index contributed by atoms with van der Waals surface area (Å²) < 4.78 is 32.4. The van der Waals surface area contributed by atoms with Crippen molar-refractivity contribution in [2.24, 2.45) is 0 Å². The van der Waals surface area contributed by atoms with E-state index in [0.717, 1.165) is 0 Å². The van der Waals surface area contributed by atoms with Gasteiger partial charge in [0.15, 0.2) is 0 Å². The summed E-state index contributed by atoms with van der Waals surface area (Å²) in [4.78, 5) is 11.6. The Labute approximate surface area is 122 Å². The zero-order chi connectivity index (χ0) is 15.6. The van der Waals surface area contributed by atoms with Crippen molar-refractivity contribution in [1.29, 1.82) is 0 Å². The van der Waals surface area contributed by atoms with Gasteiger partial charge in [-0.1, -0.05) is 0 Å². The number of hydrogen-bond donors (Lipinski definition) is 0. The Morgan fingerprint density at radius 1 is 1.10 bits per heavy atom. The lowest BCUT2D eigenvalue weighted by atomic mass is 10.4. The third kappa shape index (κ3) is 11.8. The van der Waals surface area contributed by atoms with Gasteiger partial charge < -0.3 is 27.9 Å². The molecule has 7 nitrogen and oxygen atoms in total. The minimum atomic E-state index is -4.28. The fraction of sp³-hybridized carbons (Fsp3) is 1.00. The number of ether oxygens (including phenoxy) is 2. The van der Waals surface area contributed by atoms with Crippen molar-refractivity contribution in [3.05, 3.63) is 0 Å². The van der Waals surface area contributed by atoms with Gasteiger partial charge in [-0.15, -0.1) is 0 Å². The Morgan fingerprint density at radius 2 is 1.75 bits per heavy atom. The Hall–Kier alpha value is -0.0100. The molecular formula is C12H28NO6P. The first-order valence-corrected chi connectivity index (χ1v) is 8.26. The highest BCUT2D eigenvalue weighted by atomic mass is 31.2. The second-order valence-corrected chi connectivity index (χ2v) is 6.74. The zero-order valence-electron chi connectivity index (χ0n) is 13.2. The molecule has 8 heteroatoms. The SMILES string of the molecule is CCOC[C@H](COP(=O)([O-])OCC[N+](C)(C)C)OCC. The first-order chi connectivity index (χ1) is 9.20. The van der Waals surface area contributed by atoms with Crippen LogP contribution in [0.1, 0.15) is 13.8 Å². The van der Waals surface area contributed by atoms with Crippen molar-refractivity contribution in [2.45, 2.75) is 20.0 Å². The van der Waals surface area contributed by atoms with Crippen molar-refractivity contribution in [3.8, 4) is 0 Å². The van der Waals surface area contributed by atoms with Gasteiger partial charge in [-0.3, -0.25) is 4.57 Å². The predicted octanol–water partition coefficient (Wildman–Crippen LogP) is 0.636. The molecule has 0 heterocycles. The molecule has 0 spiro atoms. The van der Waals surface area contributed by atoms with Crippen molar-refractivity contribution in [3.63, 3.8) is 0 Å². The number of phosphoric acid groups is 1. The molecule has 0 aliphatic rings. The molecule has 20 heavy (non-hydrogen) atoms. The molecule has 0 saturated carbocycles. The van der Waals surface area contributed by atoms with E-state index in [1.54, 1.807) is 0 Å². The molecule has 0 aliphatic carbocycles. The van der Waals surface area contributed by atoms with E-state index >= 15 is 0 Å². The summed E-state index contributed by atoms with van der Waals surface area (Å²) >= 11 is 0. The van der Waals surface area contributed by atoms with Crippen molar-refractivity contribution < 1.29 is 32.5 Å². The number of nitrogens with zero attached hydrogens (tertiary/aromatic N) is 1. The van der Waals surface area contributed by atoms with Crippen LogP contribution in [0.15, 0.2) is 0 Å². The maximum atomic E-state index is 11.6. The van der Waals surface area contributed by atoms with Crippen LogP contribution in [0, 0.1) is 0 Å². The fourth-order valence-electron chi connectivity index (χ4n) is 1.27. The molecule has 0 aromatic carbocycles. The first-order valence-electron chi connectivity index (χ1n) is 6.80. The minimum absolute atomic E-state index is 0.0923. The highest BCUT2D eigenvalue weighted by molar-refractivity contribution is 7.45. The van der Waals surface area contributed by atoms with Crippen LogP contribution in [-0.2, 0) is 23.1 Å². The second kappa shape index (κ2) is 9.84. The number of likely N-dealkylation sites (N-methyl/N-ethyl adjacent to an activating group) is 1. The molecule has 0 fully saturated rings. The second-order valence-electron chi connectivity index (χ2n) is 5.33. The third-order valence-electron chi connectivity index (χ3n) is 2.34. The van der Waals surface area contributed by atoms with E-state index in [0.29, 0.717) is 30.8 Å². The van der Waals surface area contributed by atoms with Gasteiger partial charge in [-0.05, 0) is 13.8 Å². The highest BCUT2D eigenvalue weighted by Crippen LogP contribution is 2.38. The summed E-state index contributed by atoms with van der Waals surface area (Å²) in [6.45, 7) is 5.55. The van der Waals surface area contributed by atoms with Gasteiger partial charge in [0, 0.05) is 13.2 Å². The standard InChI is InChI=1S/C12H28NO6P/c1-6-16-10-12(17-7-2)11-19-20(14,15)18-9-8-13(3,4)5/h12H,6-11H2,1-5H3/t12-/m1/s1. The summed E-state index contributed by atoms with van der Waals surface area (Å²) in [7, 11) is 1.57. The lowest BCUT2D eigenvalue weighted by Crippen LogP contribution is -2.37. The summed E-state index contributed by atoms with van der Waals surface area (Å²) in [5.74, 6) is 0. The molecule has 0 N–H and O–H groups in total. The molecule has 0 aromatic heterocycles. The van der Waals surface area contributed by atoms with Gasteiger partial charge in [0.05, 0.1) is 34.4 Å². The topological polar surface area (TPSA) is 77.1 Å². The van der Waals surface area contributed by atoms with E-state index < -0.39 is 13.9 Å². The van der Waals surface area contributed by atoms with E-state index in [1.807, 2.05) is 35.0 Å². The normalized spacial score (nSPS) is 16.9. The van der Waals surface area contributed by atoms with Gasteiger partial charge in [0.1, 0.15) is 19.3 Å². The van der Waals surface area contributed by atoms with E-state index in [1.165, 1.54) is 0 Å². The smallest absolute Gasteiger partial charge is 0.268 e. The average molecular weight is 313 g/mol. The maximum Gasteiger partial charge on any atom is 0.268 e. The monoisotopic (exact) mass is 313 g/mol. The van der Waals surface area contributed by atoms with Crippen LogP contribution in [0.4, 0.5) is 0 Å². The zero-order valence-corrected chi connectivity index (χ0v) is 14.1. The summed E-state index contributed by atoms with van der Waals surface area (Å²) in [5, 5.41) is 0. The van der Waals surface area contributed by atoms with Crippen molar-refractivity contribution in [2.75, 3.05) is 60.7 Å². The lowest BCUT2D eigenvalue weighted by molar-refractivity contribution is -0.870. The van der Waals surface area contributed by atoms with Crippen molar-refractivity contribution >= 4 is 7.82 Å². The minimum Gasteiger partial charge on any atom is -0.756 e. The maximum absolute atomic E-state index is 11.6. The number of phosphoric ester groups is 1. The Balaban J connectivity index is 4.06. The summed E-state index contributed by atoms with van der Waals surface area (Å²) in [6.07, 6.45) is -0.413. The molecular weight excluding hydrogens is 285 g/mol. The molecule has 0 saturated heterocycles.